The second-order valence-corrected chi connectivity index (χ2v) is 9.25. The van der Waals surface area contributed by atoms with Crippen LogP contribution < -0.4 is 5.32 Å². The zero-order valence-corrected chi connectivity index (χ0v) is 20.9. The van der Waals surface area contributed by atoms with Crippen molar-refractivity contribution in [3.8, 4) is 0 Å². The molecule has 1 aliphatic heterocycles. The summed E-state index contributed by atoms with van der Waals surface area (Å²) in [5.41, 5.74) is 2.30. The highest BCUT2D eigenvalue weighted by atomic mass is 16.3. The Bertz CT molecular complexity index is 943. The van der Waals surface area contributed by atoms with Crippen LogP contribution in [0.1, 0.15) is 24.8 Å². The van der Waals surface area contributed by atoms with Crippen LogP contribution in [0, 0.1) is 5.92 Å². The van der Waals surface area contributed by atoms with Gasteiger partial charge in [-0.05, 0) is 12.5 Å². The van der Waals surface area contributed by atoms with Crippen LogP contribution in [-0.4, -0.2) is 85.4 Å². The van der Waals surface area contributed by atoms with Gasteiger partial charge in [0.05, 0.1) is 18.1 Å². The van der Waals surface area contributed by atoms with E-state index in [1.165, 1.54) is 0 Å². The van der Waals surface area contributed by atoms with Gasteiger partial charge in [0.1, 0.15) is 0 Å². The molecule has 2 aliphatic rings. The van der Waals surface area contributed by atoms with Crippen molar-refractivity contribution in [2.45, 2.75) is 19.3 Å². The minimum atomic E-state index is -0.356. The van der Waals surface area contributed by atoms with Gasteiger partial charge in [0.2, 0.25) is 0 Å². The van der Waals surface area contributed by atoms with Gasteiger partial charge >= 0.3 is 0 Å². The number of ketones is 2. The van der Waals surface area contributed by atoms with Crippen molar-refractivity contribution in [2.75, 3.05) is 59.0 Å². The van der Waals surface area contributed by atoms with Gasteiger partial charge in [0, 0.05) is 64.7 Å². The molecular formula is C29H39N3O3. The first-order valence-corrected chi connectivity index (χ1v) is 12.6. The van der Waals surface area contributed by atoms with E-state index in [1.807, 2.05) is 55.5 Å². The van der Waals surface area contributed by atoms with Crippen molar-refractivity contribution in [1.82, 2.24) is 15.1 Å². The molecule has 35 heavy (non-hydrogen) atoms. The van der Waals surface area contributed by atoms with Crippen LogP contribution in [0.25, 0.3) is 0 Å². The zero-order valence-electron chi connectivity index (χ0n) is 20.9. The van der Waals surface area contributed by atoms with Crippen molar-refractivity contribution in [3.05, 3.63) is 84.0 Å². The summed E-state index contributed by atoms with van der Waals surface area (Å²) in [5.74, 6) is -0.667. The second kappa shape index (κ2) is 14.0. The molecule has 1 saturated carbocycles. The van der Waals surface area contributed by atoms with Gasteiger partial charge in [-0.2, -0.15) is 0 Å². The molecule has 2 N–H and O–H groups in total. The van der Waals surface area contributed by atoms with E-state index in [9.17, 15) is 9.59 Å². The number of benzene rings is 1. The lowest BCUT2D eigenvalue weighted by molar-refractivity contribution is -0.126. The van der Waals surface area contributed by atoms with Gasteiger partial charge in [-0.15, -0.1) is 0 Å². The van der Waals surface area contributed by atoms with Crippen LogP contribution in [0.3, 0.4) is 0 Å². The average molecular weight is 478 g/mol. The third-order valence-electron chi connectivity index (χ3n) is 6.92. The van der Waals surface area contributed by atoms with E-state index in [-0.39, 0.29) is 30.0 Å². The monoisotopic (exact) mass is 477 g/mol. The number of rotatable bonds is 11. The summed E-state index contributed by atoms with van der Waals surface area (Å²) < 4.78 is 0. The fourth-order valence-corrected chi connectivity index (χ4v) is 4.95. The molecule has 6 heteroatoms. The van der Waals surface area contributed by atoms with Crippen molar-refractivity contribution >= 4 is 11.6 Å². The number of β-amino-alcohol motifs (C(OH)–C–C–N with tert-alkyl or cyclic N) is 1. The molecule has 0 spiro atoms. The maximum Gasteiger partial charge on any atom is 0.173 e. The molecule has 0 aromatic heterocycles. The molecule has 6 nitrogen and oxygen atoms in total. The Labute approximate surface area is 209 Å². The first-order chi connectivity index (χ1) is 17.0. The Morgan fingerprint density at radius 1 is 1.09 bits per heavy atom. The highest BCUT2D eigenvalue weighted by Crippen LogP contribution is 2.40. The number of allylic oxidation sites excluding steroid dienone is 6. The molecule has 1 saturated heterocycles. The van der Waals surface area contributed by atoms with E-state index in [0.29, 0.717) is 18.5 Å². The summed E-state index contributed by atoms with van der Waals surface area (Å²) >= 11 is 0. The highest BCUT2D eigenvalue weighted by Gasteiger charge is 2.40. The van der Waals surface area contributed by atoms with Gasteiger partial charge in [-0.3, -0.25) is 19.4 Å². The first-order valence-electron chi connectivity index (χ1n) is 12.6. The maximum absolute atomic E-state index is 13.6. The summed E-state index contributed by atoms with van der Waals surface area (Å²) in [4.78, 5) is 31.2. The minimum Gasteiger partial charge on any atom is -0.395 e. The molecule has 188 valence electrons. The van der Waals surface area contributed by atoms with Gasteiger partial charge < -0.3 is 10.4 Å². The molecule has 2 unspecified atom stereocenters. The van der Waals surface area contributed by atoms with E-state index in [0.717, 1.165) is 56.9 Å². The number of aliphatic hydroxyl groups is 1. The Balaban J connectivity index is 1.61. The van der Waals surface area contributed by atoms with Crippen LogP contribution >= 0.6 is 0 Å². The van der Waals surface area contributed by atoms with Crippen LogP contribution in [-0.2, 0) is 9.59 Å². The molecule has 0 bridgehead atoms. The molecule has 0 amide bonds. The predicted molar refractivity (Wildman–Crippen MR) is 141 cm³/mol. The average Bonchev–Trinajstić information content (AvgIpc) is 2.87. The largest absolute Gasteiger partial charge is 0.395 e. The van der Waals surface area contributed by atoms with Crippen molar-refractivity contribution in [3.63, 3.8) is 0 Å². The zero-order chi connectivity index (χ0) is 25.0. The number of hydrogen-bond donors (Lipinski definition) is 2. The first kappa shape index (κ1) is 27.0. The Morgan fingerprint density at radius 3 is 2.43 bits per heavy atom. The number of nitrogens with one attached hydrogen (secondary N) is 1. The summed E-state index contributed by atoms with van der Waals surface area (Å²) in [6.07, 6.45) is 9.50. The quantitative estimate of drug-likeness (QED) is 0.221. The lowest BCUT2D eigenvalue weighted by atomic mass is 9.69. The second-order valence-electron chi connectivity index (χ2n) is 9.25. The molecule has 0 radical (unpaired) electrons. The molecule has 1 aromatic carbocycles. The van der Waals surface area contributed by atoms with Gasteiger partial charge in [0.25, 0.3) is 0 Å². The number of Topliss-reactive ketones (excluding diaryl/α,β-unsaturated/α-hetero) is 2. The van der Waals surface area contributed by atoms with Crippen LogP contribution in [0.15, 0.2) is 78.4 Å². The molecule has 2 atom stereocenters. The third kappa shape index (κ3) is 7.67. The standard InChI is InChI=1S/C29H39N3O3/c1-3-4-6-9-23(2)28-26(24-10-7-5-8-11-24)22-27(34)25(29(28)35)12-13-30-14-15-31-16-18-32(19-17-31)20-21-33/h3-12,26,28,30,33H,1,13-22H2,2H3/b6-4-,23-9+,25-12+. The minimum absolute atomic E-state index is 0.0728. The van der Waals surface area contributed by atoms with Crippen molar-refractivity contribution in [1.29, 1.82) is 0 Å². The third-order valence-corrected chi connectivity index (χ3v) is 6.92. The SMILES string of the molecule is C=C/C=C\C=C(/C)C1C(=O)/C(=C/CNCCN2CCN(CCO)CC2)C(=O)CC1c1ccccc1. The van der Waals surface area contributed by atoms with E-state index in [1.54, 1.807) is 12.2 Å². The van der Waals surface area contributed by atoms with E-state index in [4.69, 9.17) is 5.11 Å². The Kier molecular flexibility index (Phi) is 10.8. The van der Waals surface area contributed by atoms with Crippen LogP contribution in [0.4, 0.5) is 0 Å². The van der Waals surface area contributed by atoms with E-state index >= 15 is 0 Å². The maximum atomic E-state index is 13.6. The molecule has 1 heterocycles. The molecule has 2 fully saturated rings. The van der Waals surface area contributed by atoms with Gasteiger partial charge in [-0.1, -0.05) is 72.9 Å². The van der Waals surface area contributed by atoms with Crippen LogP contribution in [0.5, 0.6) is 0 Å². The lowest BCUT2D eigenvalue weighted by Gasteiger charge is -2.34. The van der Waals surface area contributed by atoms with Crippen molar-refractivity contribution < 1.29 is 14.7 Å². The number of carbonyl (C=O) groups is 2. The molecule has 1 aliphatic carbocycles. The smallest absolute Gasteiger partial charge is 0.173 e. The number of hydrogen-bond acceptors (Lipinski definition) is 6. The topological polar surface area (TPSA) is 72.9 Å². The normalized spacial score (nSPS) is 23.9. The van der Waals surface area contributed by atoms with Crippen LogP contribution in [0.2, 0.25) is 0 Å². The predicted octanol–water partition coefficient (Wildman–Crippen LogP) is 2.74. The van der Waals surface area contributed by atoms with Gasteiger partial charge in [-0.25, -0.2) is 0 Å². The number of nitrogens with zero attached hydrogens (tertiary/aromatic N) is 2. The fraction of sp³-hybridized carbons (Fsp3) is 0.448. The number of carbonyl (C=O) groups excluding carboxylic acids is 2. The van der Waals surface area contributed by atoms with E-state index in [2.05, 4.69) is 21.7 Å². The van der Waals surface area contributed by atoms with Gasteiger partial charge in [0.15, 0.2) is 11.6 Å². The Hall–Kier alpha value is -2.64. The van der Waals surface area contributed by atoms with E-state index < -0.39 is 0 Å². The summed E-state index contributed by atoms with van der Waals surface area (Å²) in [7, 11) is 0. The summed E-state index contributed by atoms with van der Waals surface area (Å²) in [5, 5.41) is 12.4. The molecule has 3 rings (SSSR count). The van der Waals surface area contributed by atoms with Crippen molar-refractivity contribution in [2.24, 2.45) is 5.92 Å². The summed E-state index contributed by atoms with van der Waals surface area (Å²) in [6, 6.07) is 9.88. The fourth-order valence-electron chi connectivity index (χ4n) is 4.95. The number of aliphatic hydroxyl groups excluding tert-OH is 1. The molecular weight excluding hydrogens is 438 g/mol. The molecule has 1 aromatic rings. The lowest BCUT2D eigenvalue weighted by Crippen LogP contribution is -2.48. The summed E-state index contributed by atoms with van der Waals surface area (Å²) in [6.45, 7) is 12.8. The Morgan fingerprint density at radius 2 is 1.77 bits per heavy atom. The highest BCUT2D eigenvalue weighted by molar-refractivity contribution is 6.23. The number of piperazine rings is 1.